The number of nitrogens with zero attached hydrogens (tertiary/aromatic N) is 2. The summed E-state index contributed by atoms with van der Waals surface area (Å²) in [5.74, 6) is 0.0180. The second-order valence-corrected chi connectivity index (χ2v) is 4.94. The first-order chi connectivity index (χ1) is 9.02. The molecule has 0 atom stereocenters. The topological polar surface area (TPSA) is 57.3 Å². The van der Waals surface area contributed by atoms with Gasteiger partial charge in [0.2, 0.25) is 5.91 Å². The molecule has 5 nitrogen and oxygen atoms in total. The van der Waals surface area contributed by atoms with Crippen LogP contribution >= 0.6 is 0 Å². The third-order valence-electron chi connectivity index (χ3n) is 2.57. The molecular weight excluding hydrogens is 240 g/mol. The minimum Gasteiger partial charge on any atom is -0.384 e. The van der Waals surface area contributed by atoms with Crippen LogP contribution in [0.15, 0.2) is 18.5 Å². The van der Waals surface area contributed by atoms with Crippen LogP contribution in [0.3, 0.4) is 0 Å². The Hall–Kier alpha value is -1.78. The predicted molar refractivity (Wildman–Crippen MR) is 79.6 cm³/mol. The summed E-state index contributed by atoms with van der Waals surface area (Å²) in [5, 5.41) is 6.16. The van der Waals surface area contributed by atoms with Gasteiger partial charge in [-0.25, -0.2) is 0 Å². The number of carbonyl (C=O) groups is 1. The number of hydrogen-bond acceptors (Lipinski definition) is 4. The molecular formula is C14H24N4O. The van der Waals surface area contributed by atoms with Crippen LogP contribution in [0.4, 0.5) is 11.4 Å². The minimum atomic E-state index is 0.0180. The fraction of sp³-hybridized carbons (Fsp3) is 0.571. The Balaban J connectivity index is 2.60. The lowest BCUT2D eigenvalue weighted by Gasteiger charge is -2.20. The number of anilines is 2. The first-order valence-electron chi connectivity index (χ1n) is 6.72. The summed E-state index contributed by atoms with van der Waals surface area (Å²) in [4.78, 5) is 17.8. The highest BCUT2D eigenvalue weighted by molar-refractivity contribution is 5.81. The molecule has 0 fully saturated rings. The summed E-state index contributed by atoms with van der Waals surface area (Å²) < 4.78 is 0. The normalized spacial score (nSPS) is 10.4. The van der Waals surface area contributed by atoms with Gasteiger partial charge in [0.1, 0.15) is 0 Å². The van der Waals surface area contributed by atoms with Gasteiger partial charge in [0.05, 0.1) is 30.3 Å². The van der Waals surface area contributed by atoms with Gasteiger partial charge in [-0.15, -0.1) is 0 Å². The summed E-state index contributed by atoms with van der Waals surface area (Å²) in [7, 11) is 1.89. The maximum atomic E-state index is 11.7. The van der Waals surface area contributed by atoms with Crippen LogP contribution in [0, 0.1) is 0 Å². The fourth-order valence-corrected chi connectivity index (χ4v) is 1.68. The molecule has 0 radical (unpaired) electrons. The van der Waals surface area contributed by atoms with Gasteiger partial charge in [-0.1, -0.05) is 6.92 Å². The van der Waals surface area contributed by atoms with Gasteiger partial charge >= 0.3 is 0 Å². The molecule has 0 aliphatic rings. The maximum Gasteiger partial charge on any atom is 0.239 e. The molecule has 1 aromatic heterocycles. The van der Waals surface area contributed by atoms with Gasteiger partial charge in [-0.05, 0) is 26.3 Å². The van der Waals surface area contributed by atoms with E-state index in [0.717, 1.165) is 24.3 Å². The smallest absolute Gasteiger partial charge is 0.239 e. The maximum absolute atomic E-state index is 11.7. The van der Waals surface area contributed by atoms with Crippen molar-refractivity contribution in [3.05, 3.63) is 18.5 Å². The summed E-state index contributed by atoms with van der Waals surface area (Å²) in [5.41, 5.74) is 1.91. The molecule has 0 aliphatic carbocycles. The monoisotopic (exact) mass is 264 g/mol. The van der Waals surface area contributed by atoms with E-state index in [9.17, 15) is 4.79 Å². The Kier molecular flexibility index (Phi) is 6.12. The van der Waals surface area contributed by atoms with Gasteiger partial charge in [0.25, 0.3) is 0 Å². The molecule has 0 spiro atoms. The molecule has 0 aromatic carbocycles. The van der Waals surface area contributed by atoms with Crippen molar-refractivity contribution in [1.82, 2.24) is 10.3 Å². The van der Waals surface area contributed by atoms with E-state index in [2.05, 4.69) is 22.5 Å². The summed E-state index contributed by atoms with van der Waals surface area (Å²) in [6.07, 6.45) is 4.62. The number of rotatable bonds is 7. The Labute approximate surface area is 115 Å². The Bertz CT molecular complexity index is 406. The van der Waals surface area contributed by atoms with Gasteiger partial charge in [0, 0.05) is 19.6 Å². The number of carbonyl (C=O) groups excluding carboxylic acids is 1. The number of pyridine rings is 1. The van der Waals surface area contributed by atoms with Crippen molar-refractivity contribution >= 4 is 17.3 Å². The van der Waals surface area contributed by atoms with E-state index in [4.69, 9.17) is 0 Å². The van der Waals surface area contributed by atoms with Crippen LogP contribution in [0.2, 0.25) is 0 Å². The Morgan fingerprint density at radius 1 is 1.42 bits per heavy atom. The first-order valence-corrected chi connectivity index (χ1v) is 6.72. The average molecular weight is 264 g/mol. The van der Waals surface area contributed by atoms with Gasteiger partial charge < -0.3 is 15.5 Å². The van der Waals surface area contributed by atoms with Crippen LogP contribution in [0.1, 0.15) is 27.2 Å². The van der Waals surface area contributed by atoms with Crippen molar-refractivity contribution in [2.24, 2.45) is 0 Å². The SMILES string of the molecule is CCCNc1cncc(N(C)CC(=O)NC(C)C)c1. The summed E-state index contributed by atoms with van der Waals surface area (Å²) >= 11 is 0. The highest BCUT2D eigenvalue weighted by atomic mass is 16.2. The standard InChI is InChI=1S/C14H24N4O/c1-5-6-16-12-7-13(9-15-8-12)18(4)10-14(19)17-11(2)3/h7-9,11,16H,5-6,10H2,1-4H3,(H,17,19). The van der Waals surface area contributed by atoms with Crippen LogP contribution in [0.25, 0.3) is 0 Å². The number of likely N-dealkylation sites (N-methyl/N-ethyl adjacent to an activating group) is 1. The van der Waals surface area contributed by atoms with E-state index >= 15 is 0 Å². The van der Waals surface area contributed by atoms with Crippen molar-refractivity contribution in [1.29, 1.82) is 0 Å². The molecule has 1 rings (SSSR count). The lowest BCUT2D eigenvalue weighted by Crippen LogP contribution is -2.38. The molecule has 2 N–H and O–H groups in total. The molecule has 19 heavy (non-hydrogen) atoms. The summed E-state index contributed by atoms with van der Waals surface area (Å²) in [6.45, 7) is 7.27. The number of aromatic nitrogens is 1. The van der Waals surface area contributed by atoms with E-state index in [-0.39, 0.29) is 11.9 Å². The largest absolute Gasteiger partial charge is 0.384 e. The first kappa shape index (κ1) is 15.3. The van der Waals surface area contributed by atoms with E-state index in [1.165, 1.54) is 0 Å². The van der Waals surface area contributed by atoms with Gasteiger partial charge in [-0.2, -0.15) is 0 Å². The minimum absolute atomic E-state index is 0.0180. The molecule has 1 heterocycles. The molecule has 5 heteroatoms. The van der Waals surface area contributed by atoms with E-state index in [1.54, 1.807) is 12.4 Å². The lowest BCUT2D eigenvalue weighted by atomic mass is 10.3. The molecule has 0 saturated carbocycles. The molecule has 0 unspecified atom stereocenters. The third kappa shape index (κ3) is 5.59. The van der Waals surface area contributed by atoms with Crippen molar-refractivity contribution < 1.29 is 4.79 Å². The Morgan fingerprint density at radius 3 is 2.79 bits per heavy atom. The highest BCUT2D eigenvalue weighted by Gasteiger charge is 2.09. The van der Waals surface area contributed by atoms with Crippen molar-refractivity contribution in [2.45, 2.75) is 33.2 Å². The lowest BCUT2D eigenvalue weighted by molar-refractivity contribution is -0.120. The van der Waals surface area contributed by atoms with E-state index < -0.39 is 0 Å². The van der Waals surface area contributed by atoms with Crippen LogP contribution in [-0.4, -0.2) is 37.1 Å². The van der Waals surface area contributed by atoms with Crippen LogP contribution in [-0.2, 0) is 4.79 Å². The Morgan fingerprint density at radius 2 is 2.16 bits per heavy atom. The average Bonchev–Trinajstić information content (AvgIpc) is 2.35. The van der Waals surface area contributed by atoms with Gasteiger partial charge in [-0.3, -0.25) is 9.78 Å². The highest BCUT2D eigenvalue weighted by Crippen LogP contribution is 2.16. The number of nitrogens with one attached hydrogen (secondary N) is 2. The second-order valence-electron chi connectivity index (χ2n) is 4.94. The van der Waals surface area contributed by atoms with Crippen molar-refractivity contribution in [2.75, 3.05) is 30.4 Å². The third-order valence-corrected chi connectivity index (χ3v) is 2.57. The molecule has 1 amide bonds. The predicted octanol–water partition coefficient (Wildman–Crippen LogP) is 1.86. The zero-order chi connectivity index (χ0) is 14.3. The van der Waals surface area contributed by atoms with Crippen LogP contribution < -0.4 is 15.5 Å². The van der Waals surface area contributed by atoms with Crippen molar-refractivity contribution in [3.8, 4) is 0 Å². The van der Waals surface area contributed by atoms with Gasteiger partial charge in [0.15, 0.2) is 0 Å². The fourth-order valence-electron chi connectivity index (χ4n) is 1.68. The molecule has 0 bridgehead atoms. The molecule has 0 saturated heterocycles. The van der Waals surface area contributed by atoms with E-state index in [0.29, 0.717) is 6.54 Å². The zero-order valence-electron chi connectivity index (χ0n) is 12.2. The molecule has 1 aromatic rings. The van der Waals surface area contributed by atoms with E-state index in [1.807, 2.05) is 31.9 Å². The zero-order valence-corrected chi connectivity index (χ0v) is 12.2. The van der Waals surface area contributed by atoms with Crippen LogP contribution in [0.5, 0.6) is 0 Å². The second kappa shape index (κ2) is 7.61. The number of hydrogen-bond donors (Lipinski definition) is 2. The number of amides is 1. The summed E-state index contributed by atoms with van der Waals surface area (Å²) in [6, 6.07) is 2.17. The molecule has 106 valence electrons. The van der Waals surface area contributed by atoms with Crippen molar-refractivity contribution in [3.63, 3.8) is 0 Å². The quantitative estimate of drug-likeness (QED) is 0.789. The molecule has 0 aliphatic heterocycles.